The molecule has 0 saturated carbocycles. The van der Waals surface area contributed by atoms with Crippen molar-refractivity contribution in [1.29, 1.82) is 0 Å². The number of amides is 1. The zero-order chi connectivity index (χ0) is 12.4. The number of hydrogen-bond donors (Lipinski definition) is 2. The fraction of sp³-hybridized carbons (Fsp3) is 0.111. The molecule has 2 heterocycles. The van der Waals surface area contributed by atoms with Crippen molar-refractivity contribution in [3.8, 4) is 0 Å². The number of hydrogen-bond acceptors (Lipinski definition) is 5. The Hall–Kier alpha value is -1.96. The van der Waals surface area contributed by atoms with Crippen LogP contribution in [-0.4, -0.2) is 25.7 Å². The van der Waals surface area contributed by atoms with Gasteiger partial charge in [-0.15, -0.1) is 0 Å². The van der Waals surface area contributed by atoms with Crippen molar-refractivity contribution < 1.29 is 4.79 Å². The smallest absolute Gasteiger partial charge is 0.261 e. The van der Waals surface area contributed by atoms with Gasteiger partial charge in [0.25, 0.3) is 5.91 Å². The first kappa shape index (κ1) is 11.5. The second-order valence-electron chi connectivity index (χ2n) is 3.25. The molecule has 0 aliphatic heterocycles. The molecule has 2 rings (SSSR count). The normalized spacial score (nSPS) is 10.2. The molecule has 2 aromatic heterocycles. The molecular weight excluding hydrogens is 288 g/mol. The number of nitrogens with zero attached hydrogens (tertiary/aromatic N) is 4. The molecule has 0 saturated heterocycles. The Morgan fingerprint density at radius 2 is 2.29 bits per heavy atom. The number of nitrogens with two attached hydrogens (primary N) is 1. The summed E-state index contributed by atoms with van der Waals surface area (Å²) in [6.07, 6.45) is 2.87. The van der Waals surface area contributed by atoms with Crippen molar-refractivity contribution in [3.05, 3.63) is 28.6 Å². The highest BCUT2D eigenvalue weighted by Gasteiger charge is 2.13. The fourth-order valence-electron chi connectivity index (χ4n) is 1.21. The lowest BCUT2D eigenvalue weighted by atomic mass is 10.2. The molecule has 0 aliphatic carbocycles. The van der Waals surface area contributed by atoms with E-state index in [0.29, 0.717) is 10.4 Å². The fourth-order valence-corrected chi connectivity index (χ4v) is 1.54. The van der Waals surface area contributed by atoms with Gasteiger partial charge in [-0.05, 0) is 22.0 Å². The van der Waals surface area contributed by atoms with E-state index >= 15 is 0 Å². The maximum atomic E-state index is 11.9. The van der Waals surface area contributed by atoms with Crippen molar-refractivity contribution in [1.82, 2.24) is 19.7 Å². The van der Waals surface area contributed by atoms with Gasteiger partial charge in [-0.2, -0.15) is 10.1 Å². The van der Waals surface area contributed by atoms with Gasteiger partial charge in [0.05, 0.1) is 5.56 Å². The lowest BCUT2D eigenvalue weighted by molar-refractivity contribution is 0.102. The molecule has 3 N–H and O–H groups in total. The van der Waals surface area contributed by atoms with Gasteiger partial charge in [0.2, 0.25) is 5.95 Å². The number of pyridine rings is 1. The van der Waals surface area contributed by atoms with Gasteiger partial charge in [0, 0.05) is 17.7 Å². The number of aromatic nitrogens is 4. The van der Waals surface area contributed by atoms with Gasteiger partial charge in [0.1, 0.15) is 12.1 Å². The first-order chi connectivity index (χ1) is 8.08. The van der Waals surface area contributed by atoms with Crippen molar-refractivity contribution in [2.24, 2.45) is 7.05 Å². The highest BCUT2D eigenvalue weighted by molar-refractivity contribution is 9.10. The predicted molar refractivity (Wildman–Crippen MR) is 65.3 cm³/mol. The molecule has 0 unspecified atom stereocenters. The lowest BCUT2D eigenvalue weighted by Crippen LogP contribution is -2.17. The minimum absolute atomic E-state index is 0.160. The largest absolute Gasteiger partial charge is 0.383 e. The second-order valence-corrected chi connectivity index (χ2v) is 4.16. The van der Waals surface area contributed by atoms with Crippen LogP contribution in [0.2, 0.25) is 0 Å². The molecule has 0 atom stereocenters. The van der Waals surface area contributed by atoms with Crippen LogP contribution in [0.25, 0.3) is 0 Å². The third kappa shape index (κ3) is 2.41. The van der Waals surface area contributed by atoms with Gasteiger partial charge < -0.3 is 5.73 Å². The average molecular weight is 297 g/mol. The SMILES string of the molecule is Cn1ncnc1NC(=O)c1cc(Br)cnc1N. The number of nitrogen functional groups attached to an aromatic ring is 1. The highest BCUT2D eigenvalue weighted by Crippen LogP contribution is 2.16. The lowest BCUT2D eigenvalue weighted by Gasteiger charge is -2.06. The Kier molecular flexibility index (Phi) is 3.05. The molecule has 2 aromatic rings. The molecule has 0 aromatic carbocycles. The van der Waals surface area contributed by atoms with Crippen LogP contribution in [-0.2, 0) is 7.05 Å². The van der Waals surface area contributed by atoms with E-state index in [2.05, 4.69) is 36.3 Å². The number of carbonyl (C=O) groups excluding carboxylic acids is 1. The minimum Gasteiger partial charge on any atom is -0.383 e. The van der Waals surface area contributed by atoms with E-state index in [-0.39, 0.29) is 17.3 Å². The Morgan fingerprint density at radius 3 is 2.94 bits per heavy atom. The van der Waals surface area contributed by atoms with E-state index in [1.807, 2.05) is 0 Å². The van der Waals surface area contributed by atoms with Crippen LogP contribution in [0.4, 0.5) is 11.8 Å². The van der Waals surface area contributed by atoms with E-state index in [1.54, 1.807) is 13.1 Å². The summed E-state index contributed by atoms with van der Waals surface area (Å²) in [5.41, 5.74) is 5.90. The van der Waals surface area contributed by atoms with E-state index in [1.165, 1.54) is 17.2 Å². The highest BCUT2D eigenvalue weighted by atomic mass is 79.9. The summed E-state index contributed by atoms with van der Waals surface area (Å²) in [5.74, 6) is 0.120. The zero-order valence-corrected chi connectivity index (χ0v) is 10.5. The Labute approximate surface area is 105 Å². The molecule has 0 bridgehead atoms. The van der Waals surface area contributed by atoms with Crippen molar-refractivity contribution in [3.63, 3.8) is 0 Å². The maximum Gasteiger partial charge on any atom is 0.261 e. The van der Waals surface area contributed by atoms with Crippen LogP contribution < -0.4 is 11.1 Å². The van der Waals surface area contributed by atoms with E-state index in [9.17, 15) is 4.79 Å². The van der Waals surface area contributed by atoms with Crippen LogP contribution in [0.15, 0.2) is 23.1 Å². The number of aryl methyl sites for hydroxylation is 1. The number of carbonyl (C=O) groups is 1. The van der Waals surface area contributed by atoms with Crippen LogP contribution in [0, 0.1) is 0 Å². The quantitative estimate of drug-likeness (QED) is 0.854. The Morgan fingerprint density at radius 1 is 1.53 bits per heavy atom. The van der Waals surface area contributed by atoms with Crippen molar-refractivity contribution in [2.75, 3.05) is 11.1 Å². The summed E-state index contributed by atoms with van der Waals surface area (Å²) in [6, 6.07) is 1.59. The standard InChI is InChI=1S/C9H9BrN6O/c1-16-9(13-4-14-16)15-8(17)6-2-5(10)3-12-7(6)11/h2-4H,1H3,(H2,11,12)(H,13,14,15,17). The summed E-state index contributed by atoms with van der Waals surface area (Å²) in [4.78, 5) is 19.7. The average Bonchev–Trinajstić information content (AvgIpc) is 2.68. The van der Waals surface area contributed by atoms with Crippen LogP contribution in [0.5, 0.6) is 0 Å². The second kappa shape index (κ2) is 4.50. The molecule has 7 nitrogen and oxygen atoms in total. The summed E-state index contributed by atoms with van der Waals surface area (Å²) < 4.78 is 2.12. The van der Waals surface area contributed by atoms with Gasteiger partial charge in [-0.3, -0.25) is 10.1 Å². The predicted octanol–water partition coefficient (Wildman–Crippen LogP) is 0.807. The molecular formula is C9H9BrN6O. The summed E-state index contributed by atoms with van der Waals surface area (Å²) in [6.45, 7) is 0. The molecule has 17 heavy (non-hydrogen) atoms. The van der Waals surface area contributed by atoms with Crippen molar-refractivity contribution >= 4 is 33.6 Å². The van der Waals surface area contributed by atoms with Gasteiger partial charge in [-0.25, -0.2) is 9.67 Å². The topological polar surface area (TPSA) is 98.7 Å². The van der Waals surface area contributed by atoms with Gasteiger partial charge in [-0.1, -0.05) is 0 Å². The molecule has 1 amide bonds. The zero-order valence-electron chi connectivity index (χ0n) is 8.88. The van der Waals surface area contributed by atoms with Gasteiger partial charge in [0.15, 0.2) is 0 Å². The van der Waals surface area contributed by atoms with E-state index < -0.39 is 0 Å². The van der Waals surface area contributed by atoms with Crippen LogP contribution in [0.1, 0.15) is 10.4 Å². The first-order valence-corrected chi connectivity index (χ1v) is 5.43. The Bertz CT molecular complexity index is 566. The van der Waals surface area contributed by atoms with Crippen molar-refractivity contribution in [2.45, 2.75) is 0 Å². The van der Waals surface area contributed by atoms with Crippen LogP contribution >= 0.6 is 15.9 Å². The van der Waals surface area contributed by atoms with E-state index in [4.69, 9.17) is 5.73 Å². The van der Waals surface area contributed by atoms with Gasteiger partial charge >= 0.3 is 0 Å². The minimum atomic E-state index is -0.382. The van der Waals surface area contributed by atoms with E-state index in [0.717, 1.165) is 0 Å². The molecule has 0 fully saturated rings. The number of anilines is 2. The molecule has 0 spiro atoms. The van der Waals surface area contributed by atoms with Crippen LogP contribution in [0.3, 0.4) is 0 Å². The summed E-state index contributed by atoms with van der Waals surface area (Å²) >= 11 is 3.23. The third-order valence-electron chi connectivity index (χ3n) is 2.07. The maximum absolute atomic E-state index is 11.9. The number of rotatable bonds is 2. The summed E-state index contributed by atoms with van der Waals surface area (Å²) in [5, 5.41) is 6.42. The molecule has 88 valence electrons. The molecule has 8 heteroatoms. The summed E-state index contributed by atoms with van der Waals surface area (Å²) in [7, 11) is 1.67. The molecule has 0 aliphatic rings. The third-order valence-corrected chi connectivity index (χ3v) is 2.50. The number of nitrogens with one attached hydrogen (secondary N) is 1. The number of halogens is 1. The molecule has 0 radical (unpaired) electrons. The Balaban J connectivity index is 2.26. The monoisotopic (exact) mass is 296 g/mol. The first-order valence-electron chi connectivity index (χ1n) is 4.64.